The third-order valence-electron chi connectivity index (χ3n) is 10.2. The first-order valence-electron chi connectivity index (χ1n) is 15.2. The Kier molecular flexibility index (Phi) is 6.87. The summed E-state index contributed by atoms with van der Waals surface area (Å²) in [6, 6.07) is 33.5. The topological polar surface area (TPSA) is 71.7 Å². The highest BCUT2D eigenvalue weighted by Gasteiger charge is 2.50. The quantitative estimate of drug-likeness (QED) is 0.245. The summed E-state index contributed by atoms with van der Waals surface area (Å²) < 4.78 is 0. The molecule has 0 unspecified atom stereocenters. The van der Waals surface area contributed by atoms with Gasteiger partial charge < -0.3 is 0 Å². The van der Waals surface area contributed by atoms with Gasteiger partial charge in [0.15, 0.2) is 11.7 Å². The molecule has 0 bridgehead atoms. The Balaban J connectivity index is 1.21. The lowest BCUT2D eigenvalue weighted by molar-refractivity contribution is -0.0992. The van der Waals surface area contributed by atoms with Crippen LogP contribution in [0.1, 0.15) is 66.5 Å². The van der Waals surface area contributed by atoms with Crippen LogP contribution in [0.5, 0.6) is 0 Å². The first-order valence-corrected chi connectivity index (χ1v) is 15.2. The smallest absolute Gasteiger partial charge is 0.156 e. The normalized spacial score (nSPS) is 19.6. The molecule has 4 aromatic carbocycles. The highest BCUT2D eigenvalue weighted by molar-refractivity contribution is 6.02. The second kappa shape index (κ2) is 10.1. The average molecular weight is 587 g/mol. The van der Waals surface area contributed by atoms with Gasteiger partial charge in [-0.2, -0.15) is 0 Å². The molecule has 2 N–H and O–H groups in total. The van der Waals surface area contributed by atoms with Crippen LogP contribution in [0.3, 0.4) is 0 Å². The number of hydrogen-bond donors (Lipinski definition) is 2. The Hall–Kier alpha value is -4.26. The molecule has 0 aliphatic carbocycles. The summed E-state index contributed by atoms with van der Waals surface area (Å²) >= 11 is 0. The summed E-state index contributed by atoms with van der Waals surface area (Å²) in [5.74, 6) is 1.20. The lowest BCUT2D eigenvalue weighted by Crippen LogP contribution is -2.51. The van der Waals surface area contributed by atoms with Gasteiger partial charge in [0.2, 0.25) is 0 Å². The van der Waals surface area contributed by atoms with Gasteiger partial charge in [0, 0.05) is 11.1 Å². The third kappa shape index (κ3) is 4.73. The Bertz CT molecular complexity index is 1650. The van der Waals surface area contributed by atoms with Crippen LogP contribution in [-0.2, 0) is 0 Å². The van der Waals surface area contributed by atoms with Crippen LogP contribution >= 0.6 is 0 Å². The van der Waals surface area contributed by atoms with E-state index >= 15 is 0 Å². The molecule has 0 aromatic heterocycles. The van der Waals surface area contributed by atoms with E-state index in [0.717, 1.165) is 44.5 Å². The van der Waals surface area contributed by atoms with E-state index in [-0.39, 0.29) is 0 Å². The van der Waals surface area contributed by atoms with Crippen LogP contribution in [-0.4, -0.2) is 54.4 Å². The van der Waals surface area contributed by atoms with Gasteiger partial charge in [-0.15, -0.1) is 0 Å². The number of benzene rings is 4. The predicted octanol–water partition coefficient (Wildman–Crippen LogP) is 8.70. The molecule has 44 heavy (non-hydrogen) atoms. The van der Waals surface area contributed by atoms with Gasteiger partial charge in [-0.05, 0) is 101 Å². The van der Waals surface area contributed by atoms with Gasteiger partial charge in [0.25, 0.3) is 0 Å². The van der Waals surface area contributed by atoms with Crippen molar-refractivity contribution in [1.82, 2.24) is 10.1 Å². The molecule has 226 valence electrons. The minimum Gasteiger partial charge on any atom is -0.286 e. The van der Waals surface area contributed by atoms with Crippen LogP contribution in [0.25, 0.3) is 33.4 Å². The molecule has 0 saturated heterocycles. The van der Waals surface area contributed by atoms with Crippen molar-refractivity contribution in [3.8, 4) is 33.4 Å². The van der Waals surface area contributed by atoms with Crippen LogP contribution in [0.4, 0.5) is 0 Å². The molecule has 0 amide bonds. The van der Waals surface area contributed by atoms with Crippen molar-refractivity contribution >= 4 is 11.7 Å². The van der Waals surface area contributed by atoms with Crippen molar-refractivity contribution in [2.24, 2.45) is 9.98 Å². The molecule has 2 aliphatic rings. The van der Waals surface area contributed by atoms with E-state index in [1.807, 2.05) is 79.7 Å². The van der Waals surface area contributed by atoms with E-state index in [9.17, 15) is 10.4 Å². The molecular formula is C38H42N4O2. The standard InChI is InChI=1S/C38H42N4O2/c1-35(2)37(5,6)41(43)33(39-35)31-13-9-11-29(23-31)27-19-15-25(16-20-27)26-17-21-28(22-18-26)30-12-10-14-32(24-30)34-40-36(3,4)38(7,8)42(34)44/h9-24,43-44H,1-8H3. The lowest BCUT2D eigenvalue weighted by atomic mass is 9.84. The van der Waals surface area contributed by atoms with E-state index in [0.29, 0.717) is 11.7 Å². The zero-order valence-corrected chi connectivity index (χ0v) is 26.9. The summed E-state index contributed by atoms with van der Waals surface area (Å²) in [4.78, 5) is 9.71. The Morgan fingerprint density at radius 3 is 0.955 bits per heavy atom. The van der Waals surface area contributed by atoms with E-state index in [4.69, 9.17) is 9.98 Å². The van der Waals surface area contributed by atoms with Crippen LogP contribution in [0, 0.1) is 0 Å². The number of rotatable bonds is 5. The van der Waals surface area contributed by atoms with Crippen molar-refractivity contribution in [2.75, 3.05) is 0 Å². The molecule has 0 atom stereocenters. The summed E-state index contributed by atoms with van der Waals surface area (Å²) in [6.45, 7) is 16.2. The summed E-state index contributed by atoms with van der Waals surface area (Å²) in [5, 5.41) is 24.4. The van der Waals surface area contributed by atoms with Crippen LogP contribution in [0.15, 0.2) is 107 Å². The van der Waals surface area contributed by atoms with Crippen molar-refractivity contribution < 1.29 is 10.4 Å². The molecule has 6 rings (SSSR count). The number of nitrogens with zero attached hydrogens (tertiary/aromatic N) is 4. The molecule has 4 aromatic rings. The fourth-order valence-electron chi connectivity index (χ4n) is 5.71. The molecule has 6 heteroatoms. The van der Waals surface area contributed by atoms with Gasteiger partial charge in [0.1, 0.15) is 0 Å². The number of aliphatic imine (C=N–C) groups is 2. The van der Waals surface area contributed by atoms with Crippen molar-refractivity contribution in [1.29, 1.82) is 0 Å². The first-order chi connectivity index (χ1) is 20.6. The fourth-order valence-corrected chi connectivity index (χ4v) is 5.71. The van der Waals surface area contributed by atoms with Crippen molar-refractivity contribution in [3.63, 3.8) is 0 Å². The predicted molar refractivity (Wildman–Crippen MR) is 179 cm³/mol. The van der Waals surface area contributed by atoms with Crippen molar-refractivity contribution in [2.45, 2.75) is 77.5 Å². The SMILES string of the molecule is CC1(C)N=C(c2cccc(-c3ccc(-c4ccc(-c5cccc(C6=NC(C)(C)C(C)(C)N6O)c5)cc4)cc3)c2)N(O)C1(C)C. The highest BCUT2D eigenvalue weighted by atomic mass is 16.5. The van der Waals surface area contributed by atoms with Gasteiger partial charge in [0.05, 0.1) is 22.2 Å². The van der Waals surface area contributed by atoms with E-state index in [1.165, 1.54) is 10.1 Å². The average Bonchev–Trinajstić information content (AvgIpc) is 3.28. The second-order valence-electron chi connectivity index (χ2n) is 14.0. The second-order valence-corrected chi connectivity index (χ2v) is 14.0. The first kappa shape index (κ1) is 29.8. The zero-order chi connectivity index (χ0) is 31.7. The number of hydroxylamine groups is 4. The van der Waals surface area contributed by atoms with Crippen LogP contribution in [0.2, 0.25) is 0 Å². The molecule has 2 aliphatic heterocycles. The minimum absolute atomic E-state index is 0.410. The highest BCUT2D eigenvalue weighted by Crippen LogP contribution is 2.40. The minimum atomic E-state index is -0.502. The summed E-state index contributed by atoms with van der Waals surface area (Å²) in [5.41, 5.74) is 6.58. The zero-order valence-electron chi connectivity index (χ0n) is 26.9. The Morgan fingerprint density at radius 2 is 0.682 bits per heavy atom. The maximum Gasteiger partial charge on any atom is 0.156 e. The lowest BCUT2D eigenvalue weighted by Gasteiger charge is -2.36. The van der Waals surface area contributed by atoms with Gasteiger partial charge in [-0.3, -0.25) is 20.4 Å². The van der Waals surface area contributed by atoms with Crippen molar-refractivity contribution in [3.05, 3.63) is 108 Å². The van der Waals surface area contributed by atoms with E-state index in [2.05, 4.69) is 72.8 Å². The van der Waals surface area contributed by atoms with Crippen LogP contribution < -0.4 is 0 Å². The van der Waals surface area contributed by atoms with E-state index in [1.54, 1.807) is 0 Å². The maximum atomic E-state index is 10.9. The summed E-state index contributed by atoms with van der Waals surface area (Å²) in [7, 11) is 0. The molecule has 0 radical (unpaired) electrons. The largest absolute Gasteiger partial charge is 0.286 e. The maximum absolute atomic E-state index is 10.9. The number of amidine groups is 2. The summed E-state index contributed by atoms with van der Waals surface area (Å²) in [6.07, 6.45) is 0. The fraction of sp³-hybridized carbons (Fsp3) is 0.316. The molecule has 0 saturated carbocycles. The monoisotopic (exact) mass is 586 g/mol. The Labute approximate surface area is 261 Å². The van der Waals surface area contributed by atoms with E-state index < -0.39 is 22.2 Å². The van der Waals surface area contributed by atoms with Gasteiger partial charge in [-0.25, -0.2) is 10.1 Å². The van der Waals surface area contributed by atoms with Gasteiger partial charge in [-0.1, -0.05) is 84.9 Å². The number of hydrogen-bond acceptors (Lipinski definition) is 6. The van der Waals surface area contributed by atoms with Gasteiger partial charge >= 0.3 is 0 Å². The molecular weight excluding hydrogens is 544 g/mol. The molecule has 2 heterocycles. The Morgan fingerprint density at radius 1 is 0.409 bits per heavy atom. The molecule has 0 spiro atoms. The molecule has 0 fully saturated rings. The third-order valence-corrected chi connectivity index (χ3v) is 10.2. The molecule has 6 nitrogen and oxygen atoms in total.